The van der Waals surface area contributed by atoms with Gasteiger partial charge in [0.1, 0.15) is 11.2 Å². The fraction of sp³-hybridized carbons (Fsp3) is 0.429. The molecule has 1 amide bonds. The molecule has 3 aromatic heterocycles. The van der Waals surface area contributed by atoms with Crippen LogP contribution in [0.15, 0.2) is 41.8 Å². The second-order valence-electron chi connectivity index (χ2n) is 7.71. The number of nitrogens with one attached hydrogen (secondary N) is 1. The number of carbonyl (C=O) groups excluding carboxylic acids is 2. The van der Waals surface area contributed by atoms with E-state index in [1.54, 1.807) is 27.6 Å². The van der Waals surface area contributed by atoms with Crippen LogP contribution in [0, 0.1) is 5.92 Å². The van der Waals surface area contributed by atoms with Crippen molar-refractivity contribution in [2.24, 2.45) is 13.0 Å². The third kappa shape index (κ3) is 4.16. The van der Waals surface area contributed by atoms with Gasteiger partial charge in [0.15, 0.2) is 5.78 Å². The van der Waals surface area contributed by atoms with E-state index < -0.39 is 0 Å². The molecule has 29 heavy (non-hydrogen) atoms. The molecule has 4 rings (SSSR count). The molecule has 0 unspecified atom stereocenters. The molecule has 0 spiro atoms. The molecule has 0 saturated carbocycles. The van der Waals surface area contributed by atoms with Gasteiger partial charge in [-0.25, -0.2) is 4.98 Å². The summed E-state index contributed by atoms with van der Waals surface area (Å²) in [5.74, 6) is 0.118. The molecule has 4 heterocycles. The number of aromatic nitrogens is 4. The van der Waals surface area contributed by atoms with Gasteiger partial charge in [-0.05, 0) is 37.8 Å². The van der Waals surface area contributed by atoms with Gasteiger partial charge >= 0.3 is 0 Å². The zero-order valence-electron chi connectivity index (χ0n) is 16.5. The highest BCUT2D eigenvalue weighted by Crippen LogP contribution is 2.22. The molecule has 1 aliphatic heterocycles. The number of amides is 1. The van der Waals surface area contributed by atoms with Crippen LogP contribution in [-0.4, -0.2) is 48.6 Å². The number of imidazole rings is 1. The topological polar surface area (TPSA) is 92.5 Å². The lowest BCUT2D eigenvalue weighted by Crippen LogP contribution is -2.40. The van der Waals surface area contributed by atoms with Crippen LogP contribution in [0.5, 0.6) is 0 Å². The third-order valence-corrected chi connectivity index (χ3v) is 5.59. The molecule has 0 atom stereocenters. The maximum absolute atomic E-state index is 12.5. The first kappa shape index (κ1) is 19.2. The van der Waals surface area contributed by atoms with Gasteiger partial charge in [-0.1, -0.05) is 0 Å². The molecule has 0 aliphatic carbocycles. The molecule has 0 radical (unpaired) electrons. The summed E-state index contributed by atoms with van der Waals surface area (Å²) in [6.07, 6.45) is 10.2. The van der Waals surface area contributed by atoms with Gasteiger partial charge in [0.2, 0.25) is 5.91 Å². The van der Waals surface area contributed by atoms with Crippen LogP contribution in [-0.2, 0) is 18.3 Å². The van der Waals surface area contributed by atoms with Gasteiger partial charge in [0.05, 0.1) is 6.33 Å². The number of hydrogen-bond donors (Lipinski definition) is 1. The first-order chi connectivity index (χ1) is 14.0. The number of H-pyrrole nitrogens is 1. The Morgan fingerprint density at radius 1 is 1.24 bits per heavy atom. The van der Waals surface area contributed by atoms with E-state index in [-0.39, 0.29) is 23.2 Å². The lowest BCUT2D eigenvalue weighted by Gasteiger charge is -2.31. The Hall–Kier alpha value is -3.16. The third-order valence-electron chi connectivity index (χ3n) is 5.59. The lowest BCUT2D eigenvalue weighted by molar-refractivity contribution is -0.132. The summed E-state index contributed by atoms with van der Waals surface area (Å²) in [6, 6.07) is 3.61. The number of fused-ring (bicyclic) bond motifs is 1. The summed E-state index contributed by atoms with van der Waals surface area (Å²) in [4.78, 5) is 45.9. The number of Topliss-reactive ketones (excluding diaryl/α,β-unsaturated/α-hetero) is 1. The van der Waals surface area contributed by atoms with Gasteiger partial charge in [0.25, 0.3) is 5.56 Å². The van der Waals surface area contributed by atoms with E-state index in [2.05, 4.69) is 9.97 Å². The highest BCUT2D eigenvalue weighted by molar-refractivity contribution is 5.96. The molecule has 152 valence electrons. The Kier molecular flexibility index (Phi) is 5.33. The van der Waals surface area contributed by atoms with E-state index in [0.717, 1.165) is 5.69 Å². The van der Waals surface area contributed by atoms with Crippen LogP contribution in [0.2, 0.25) is 0 Å². The molecular formula is C21H25N5O3. The number of ketones is 1. The van der Waals surface area contributed by atoms with Crippen LogP contribution >= 0.6 is 0 Å². The van der Waals surface area contributed by atoms with E-state index >= 15 is 0 Å². The van der Waals surface area contributed by atoms with Crippen LogP contribution < -0.4 is 5.56 Å². The Morgan fingerprint density at radius 3 is 2.76 bits per heavy atom. The van der Waals surface area contributed by atoms with Gasteiger partial charge < -0.3 is 18.9 Å². The number of hydrogen-bond acceptors (Lipinski definition) is 4. The Balaban J connectivity index is 1.25. The molecule has 1 fully saturated rings. The van der Waals surface area contributed by atoms with Gasteiger partial charge in [0, 0.05) is 56.8 Å². The van der Waals surface area contributed by atoms with Crippen molar-refractivity contribution in [1.82, 2.24) is 23.8 Å². The number of aryl methyl sites for hydroxylation is 2. The summed E-state index contributed by atoms with van der Waals surface area (Å²) in [7, 11) is 1.84. The minimum absolute atomic E-state index is 0.0627. The predicted molar refractivity (Wildman–Crippen MR) is 108 cm³/mol. The maximum Gasteiger partial charge on any atom is 0.272 e. The predicted octanol–water partition coefficient (Wildman–Crippen LogP) is 1.81. The molecule has 0 aromatic carbocycles. The van der Waals surface area contributed by atoms with Crippen LogP contribution in [0.3, 0.4) is 0 Å². The van der Waals surface area contributed by atoms with E-state index in [9.17, 15) is 14.4 Å². The largest absolute Gasteiger partial charge is 0.343 e. The monoisotopic (exact) mass is 395 g/mol. The van der Waals surface area contributed by atoms with Crippen molar-refractivity contribution in [1.29, 1.82) is 0 Å². The molecule has 1 saturated heterocycles. The number of piperidine rings is 1. The number of likely N-dealkylation sites (tertiary alicyclic amines) is 1. The van der Waals surface area contributed by atoms with Crippen molar-refractivity contribution < 1.29 is 9.59 Å². The number of rotatable bonds is 6. The lowest BCUT2D eigenvalue weighted by atomic mass is 9.91. The number of aromatic amines is 1. The summed E-state index contributed by atoms with van der Waals surface area (Å²) in [5.41, 5.74) is 1.84. The van der Waals surface area contributed by atoms with E-state index in [1.807, 2.05) is 30.4 Å². The average Bonchev–Trinajstić information content (AvgIpc) is 3.37. The standard InChI is InChI=1S/C21H25N5O3/c1-24-13-17(22-14-24)20(28)15-7-10-25(11-8-15)19(27)6-2-4-16-12-26-9-3-5-18(26)21(29)23-16/h3,5,9,12-15H,2,4,6-8,10-11H2,1H3,(H,23,29). The van der Waals surface area contributed by atoms with Crippen LogP contribution in [0.1, 0.15) is 41.9 Å². The highest BCUT2D eigenvalue weighted by Gasteiger charge is 2.28. The normalized spacial score (nSPS) is 15.1. The van der Waals surface area contributed by atoms with Crippen molar-refractivity contribution in [3.8, 4) is 0 Å². The summed E-state index contributed by atoms with van der Waals surface area (Å²) in [6.45, 7) is 1.21. The minimum atomic E-state index is -0.113. The molecule has 1 aliphatic rings. The Labute approximate surface area is 168 Å². The van der Waals surface area contributed by atoms with Crippen LogP contribution in [0.4, 0.5) is 0 Å². The summed E-state index contributed by atoms with van der Waals surface area (Å²) >= 11 is 0. The Morgan fingerprint density at radius 2 is 2.03 bits per heavy atom. The zero-order valence-corrected chi connectivity index (χ0v) is 16.5. The second-order valence-corrected chi connectivity index (χ2v) is 7.71. The highest BCUT2D eigenvalue weighted by atomic mass is 16.2. The first-order valence-electron chi connectivity index (χ1n) is 10.00. The fourth-order valence-electron chi connectivity index (χ4n) is 3.96. The van der Waals surface area contributed by atoms with Crippen molar-refractivity contribution in [2.75, 3.05) is 13.1 Å². The van der Waals surface area contributed by atoms with E-state index in [1.165, 1.54) is 0 Å². The number of carbonyl (C=O) groups is 2. The molecule has 3 aromatic rings. The number of nitrogens with zero attached hydrogens (tertiary/aromatic N) is 4. The van der Waals surface area contributed by atoms with E-state index in [0.29, 0.717) is 56.4 Å². The molecule has 1 N–H and O–H groups in total. The minimum Gasteiger partial charge on any atom is -0.343 e. The van der Waals surface area contributed by atoms with Crippen molar-refractivity contribution >= 4 is 17.2 Å². The van der Waals surface area contributed by atoms with Crippen molar-refractivity contribution in [2.45, 2.75) is 32.1 Å². The SMILES string of the molecule is Cn1cnc(C(=O)C2CCN(C(=O)CCCc3cn4cccc4c(=O)[nH]3)CC2)c1. The van der Waals surface area contributed by atoms with Gasteiger partial charge in [-0.2, -0.15) is 0 Å². The molecule has 8 nitrogen and oxygen atoms in total. The second kappa shape index (κ2) is 8.06. The summed E-state index contributed by atoms with van der Waals surface area (Å²) in [5, 5.41) is 0. The maximum atomic E-state index is 12.5. The Bertz CT molecular complexity index is 1090. The molecule has 0 bridgehead atoms. The van der Waals surface area contributed by atoms with Crippen LogP contribution in [0.25, 0.3) is 5.52 Å². The summed E-state index contributed by atoms with van der Waals surface area (Å²) < 4.78 is 3.58. The smallest absolute Gasteiger partial charge is 0.272 e. The molecular weight excluding hydrogens is 370 g/mol. The van der Waals surface area contributed by atoms with E-state index in [4.69, 9.17) is 0 Å². The van der Waals surface area contributed by atoms with Gasteiger partial charge in [-0.15, -0.1) is 0 Å². The fourth-order valence-corrected chi connectivity index (χ4v) is 3.96. The zero-order chi connectivity index (χ0) is 20.4. The van der Waals surface area contributed by atoms with Crippen molar-refractivity contribution in [3.63, 3.8) is 0 Å². The molecule has 8 heteroatoms. The average molecular weight is 395 g/mol. The van der Waals surface area contributed by atoms with Gasteiger partial charge in [-0.3, -0.25) is 14.4 Å². The first-order valence-corrected chi connectivity index (χ1v) is 10.00. The van der Waals surface area contributed by atoms with Crippen molar-refractivity contribution in [3.05, 3.63) is 58.8 Å². The quantitative estimate of drug-likeness (QED) is 0.644.